The Hall–Kier alpha value is -0.780. The van der Waals surface area contributed by atoms with Crippen molar-refractivity contribution in [2.24, 2.45) is 0 Å². The van der Waals surface area contributed by atoms with Crippen molar-refractivity contribution in [3.63, 3.8) is 0 Å². The lowest BCUT2D eigenvalue weighted by atomic mass is 10.1. The first-order chi connectivity index (χ1) is 11.5. The van der Waals surface area contributed by atoms with Gasteiger partial charge in [-0.05, 0) is 64.3 Å². The molecule has 0 saturated carbocycles. The van der Waals surface area contributed by atoms with Crippen molar-refractivity contribution in [3.8, 4) is 5.75 Å². The van der Waals surface area contributed by atoms with E-state index in [0.29, 0.717) is 6.61 Å². The van der Waals surface area contributed by atoms with Gasteiger partial charge >= 0.3 is 0 Å². The summed E-state index contributed by atoms with van der Waals surface area (Å²) in [7, 11) is 4.21. The fraction of sp³-hybridized carbons (Fsp3) is 0.400. The summed E-state index contributed by atoms with van der Waals surface area (Å²) in [5.74, 6) is 0.943. The third-order valence-electron chi connectivity index (χ3n) is 3.81. The van der Waals surface area contributed by atoms with Crippen molar-refractivity contribution in [2.75, 3.05) is 27.2 Å². The third-order valence-corrected chi connectivity index (χ3v) is 4.31. The molecule has 0 aromatic heterocycles. The summed E-state index contributed by atoms with van der Waals surface area (Å²) >= 11 is 3.55. The SMILES string of the molecule is Cc1ccc(COc2ccc(Br)cc2CNCCCN(C)C)cc1.Cl.Cl. The standard InChI is InChI=1S/C20H27BrN2O.2ClH/c1-16-5-7-17(8-6-16)15-24-20-10-9-19(21)13-18(20)14-22-11-4-12-23(2)3;;/h5-10,13,22H,4,11-12,14-15H2,1-3H3;2*1H. The van der Waals surface area contributed by atoms with Crippen LogP contribution in [0.5, 0.6) is 5.75 Å². The number of aryl methyl sites for hydroxylation is 1. The van der Waals surface area contributed by atoms with Gasteiger partial charge in [-0.15, -0.1) is 24.8 Å². The molecule has 26 heavy (non-hydrogen) atoms. The Labute approximate surface area is 178 Å². The molecule has 0 aliphatic heterocycles. The lowest BCUT2D eigenvalue weighted by molar-refractivity contribution is 0.302. The summed E-state index contributed by atoms with van der Waals surface area (Å²) in [5, 5.41) is 3.50. The maximum absolute atomic E-state index is 6.04. The first-order valence-electron chi connectivity index (χ1n) is 8.37. The molecule has 2 aromatic carbocycles. The molecule has 0 unspecified atom stereocenters. The normalized spacial score (nSPS) is 10.2. The van der Waals surface area contributed by atoms with E-state index in [1.807, 2.05) is 12.1 Å². The highest BCUT2D eigenvalue weighted by molar-refractivity contribution is 9.10. The molecule has 0 radical (unpaired) electrons. The molecular weight excluding hydrogens is 435 g/mol. The fourth-order valence-electron chi connectivity index (χ4n) is 2.42. The van der Waals surface area contributed by atoms with Crippen molar-refractivity contribution >= 4 is 40.7 Å². The Morgan fingerprint density at radius 1 is 1.04 bits per heavy atom. The van der Waals surface area contributed by atoms with Crippen molar-refractivity contribution < 1.29 is 4.74 Å². The van der Waals surface area contributed by atoms with E-state index in [1.165, 1.54) is 16.7 Å². The molecule has 0 bridgehead atoms. The zero-order chi connectivity index (χ0) is 17.4. The number of benzene rings is 2. The van der Waals surface area contributed by atoms with Crippen molar-refractivity contribution in [1.29, 1.82) is 0 Å². The van der Waals surface area contributed by atoms with Gasteiger partial charge in [0, 0.05) is 16.6 Å². The van der Waals surface area contributed by atoms with Crippen LogP contribution < -0.4 is 10.1 Å². The Morgan fingerprint density at radius 2 is 1.73 bits per heavy atom. The Kier molecular flexibility index (Phi) is 13.0. The lowest BCUT2D eigenvalue weighted by Crippen LogP contribution is -2.21. The highest BCUT2D eigenvalue weighted by atomic mass is 79.9. The Morgan fingerprint density at radius 3 is 2.38 bits per heavy atom. The molecule has 0 aliphatic rings. The zero-order valence-corrected chi connectivity index (χ0v) is 18.8. The molecule has 0 atom stereocenters. The number of nitrogens with zero attached hydrogens (tertiary/aromatic N) is 1. The van der Waals surface area contributed by atoms with Crippen LogP contribution in [0.2, 0.25) is 0 Å². The van der Waals surface area contributed by atoms with E-state index in [9.17, 15) is 0 Å². The van der Waals surface area contributed by atoms with E-state index >= 15 is 0 Å². The second kappa shape index (κ2) is 13.4. The molecule has 2 aromatic rings. The van der Waals surface area contributed by atoms with E-state index < -0.39 is 0 Å². The first kappa shape index (κ1) is 25.2. The largest absolute Gasteiger partial charge is 0.489 e. The smallest absolute Gasteiger partial charge is 0.124 e. The number of nitrogens with one attached hydrogen (secondary N) is 1. The molecule has 1 N–H and O–H groups in total. The molecule has 0 aliphatic carbocycles. The van der Waals surface area contributed by atoms with Gasteiger partial charge < -0.3 is 15.0 Å². The third kappa shape index (κ3) is 9.24. The molecule has 3 nitrogen and oxygen atoms in total. The van der Waals surface area contributed by atoms with E-state index in [-0.39, 0.29) is 24.8 Å². The summed E-state index contributed by atoms with van der Waals surface area (Å²) in [4.78, 5) is 2.21. The second-order valence-electron chi connectivity index (χ2n) is 6.36. The van der Waals surface area contributed by atoms with Crippen molar-refractivity contribution in [3.05, 3.63) is 63.6 Å². The van der Waals surface area contributed by atoms with Gasteiger partial charge in [0.25, 0.3) is 0 Å². The predicted molar refractivity (Wildman–Crippen MR) is 119 cm³/mol. The molecule has 0 fully saturated rings. The molecule has 0 spiro atoms. The highest BCUT2D eigenvalue weighted by Gasteiger charge is 2.05. The molecule has 0 amide bonds. The van der Waals surface area contributed by atoms with E-state index in [0.717, 1.165) is 36.3 Å². The van der Waals surface area contributed by atoms with Gasteiger partial charge in [-0.3, -0.25) is 0 Å². The van der Waals surface area contributed by atoms with Crippen molar-refractivity contribution in [2.45, 2.75) is 26.5 Å². The average Bonchev–Trinajstić information content (AvgIpc) is 2.55. The topological polar surface area (TPSA) is 24.5 Å². The van der Waals surface area contributed by atoms with Gasteiger partial charge in [0.15, 0.2) is 0 Å². The van der Waals surface area contributed by atoms with Gasteiger partial charge in [-0.2, -0.15) is 0 Å². The number of hydrogen-bond donors (Lipinski definition) is 1. The molecule has 146 valence electrons. The van der Waals surface area contributed by atoms with Crippen LogP contribution in [-0.4, -0.2) is 32.1 Å². The van der Waals surface area contributed by atoms with Gasteiger partial charge in [0.2, 0.25) is 0 Å². The minimum atomic E-state index is 0. The maximum Gasteiger partial charge on any atom is 0.124 e. The van der Waals surface area contributed by atoms with E-state index in [4.69, 9.17) is 4.74 Å². The van der Waals surface area contributed by atoms with Crippen LogP contribution in [0.1, 0.15) is 23.1 Å². The Balaban J connectivity index is 0.00000312. The summed E-state index contributed by atoms with van der Waals surface area (Å²) in [6.07, 6.45) is 1.14. The summed E-state index contributed by atoms with van der Waals surface area (Å²) in [6.45, 7) is 5.61. The van der Waals surface area contributed by atoms with Crippen LogP contribution in [0.4, 0.5) is 0 Å². The summed E-state index contributed by atoms with van der Waals surface area (Å²) < 4.78 is 7.12. The van der Waals surface area contributed by atoms with Crippen LogP contribution >= 0.6 is 40.7 Å². The zero-order valence-electron chi connectivity index (χ0n) is 15.6. The first-order valence-corrected chi connectivity index (χ1v) is 9.16. The molecule has 2 rings (SSSR count). The highest BCUT2D eigenvalue weighted by Crippen LogP contribution is 2.24. The van der Waals surface area contributed by atoms with Crippen LogP contribution in [-0.2, 0) is 13.2 Å². The maximum atomic E-state index is 6.04. The van der Waals surface area contributed by atoms with Gasteiger partial charge in [0.05, 0.1) is 0 Å². The van der Waals surface area contributed by atoms with Crippen LogP contribution in [0.25, 0.3) is 0 Å². The molecule has 0 heterocycles. The van der Waals surface area contributed by atoms with Gasteiger partial charge in [0.1, 0.15) is 12.4 Å². The molecular formula is C20H29BrCl2N2O. The summed E-state index contributed by atoms with van der Waals surface area (Å²) in [6, 6.07) is 14.7. The predicted octanol–water partition coefficient (Wildman–Crippen LogP) is 5.22. The summed E-state index contributed by atoms with van der Waals surface area (Å²) in [5.41, 5.74) is 3.64. The van der Waals surface area contributed by atoms with Crippen LogP contribution in [0.3, 0.4) is 0 Å². The van der Waals surface area contributed by atoms with E-state index in [1.54, 1.807) is 0 Å². The van der Waals surface area contributed by atoms with Gasteiger partial charge in [-0.1, -0.05) is 45.8 Å². The number of ether oxygens (including phenoxy) is 1. The quantitative estimate of drug-likeness (QED) is 0.515. The molecule has 0 saturated heterocycles. The lowest BCUT2D eigenvalue weighted by Gasteiger charge is -2.14. The molecule has 6 heteroatoms. The minimum absolute atomic E-state index is 0. The average molecular weight is 464 g/mol. The number of hydrogen-bond acceptors (Lipinski definition) is 3. The number of rotatable bonds is 9. The van der Waals surface area contributed by atoms with E-state index in [2.05, 4.69) is 77.5 Å². The van der Waals surface area contributed by atoms with Gasteiger partial charge in [-0.25, -0.2) is 0 Å². The minimum Gasteiger partial charge on any atom is -0.489 e. The monoisotopic (exact) mass is 462 g/mol. The second-order valence-corrected chi connectivity index (χ2v) is 7.28. The van der Waals surface area contributed by atoms with Crippen LogP contribution in [0, 0.1) is 6.92 Å². The fourth-order valence-corrected chi connectivity index (χ4v) is 2.82. The number of halogens is 3. The Bertz CT molecular complexity index is 636. The van der Waals surface area contributed by atoms with Crippen LogP contribution in [0.15, 0.2) is 46.9 Å². The van der Waals surface area contributed by atoms with Crippen molar-refractivity contribution in [1.82, 2.24) is 10.2 Å².